The molecule has 23 heavy (non-hydrogen) atoms. The quantitative estimate of drug-likeness (QED) is 0.645. The molecule has 1 aromatic rings. The van der Waals surface area contributed by atoms with Gasteiger partial charge in [-0.05, 0) is 37.2 Å². The van der Waals surface area contributed by atoms with Gasteiger partial charge in [0.05, 0.1) is 11.2 Å². The van der Waals surface area contributed by atoms with E-state index in [1.807, 2.05) is 18.2 Å². The van der Waals surface area contributed by atoms with Gasteiger partial charge in [0.1, 0.15) is 6.07 Å². The maximum atomic E-state index is 12.6. The molecule has 0 bridgehead atoms. The molecule has 7 heteroatoms. The van der Waals surface area contributed by atoms with E-state index < -0.39 is 17.0 Å². The molecule has 0 radical (unpaired) electrons. The Morgan fingerprint density at radius 2 is 1.87 bits per heavy atom. The van der Waals surface area contributed by atoms with Crippen LogP contribution >= 0.6 is 12.2 Å². The summed E-state index contributed by atoms with van der Waals surface area (Å²) >= 11 is 5.14. The number of hydrogen-bond acceptors (Lipinski definition) is 5. The average molecular weight is 327 g/mol. The Hall–Kier alpha value is -2.33. The third-order valence-corrected chi connectivity index (χ3v) is 4.75. The summed E-state index contributed by atoms with van der Waals surface area (Å²) in [5.41, 5.74) is -1.78. The largest absolute Gasteiger partial charge is 0.353 e. The van der Waals surface area contributed by atoms with Crippen molar-refractivity contribution < 1.29 is 4.79 Å². The van der Waals surface area contributed by atoms with Crippen LogP contribution in [0.1, 0.15) is 32.1 Å². The molecule has 3 rings (SSSR count). The van der Waals surface area contributed by atoms with Gasteiger partial charge in [0.25, 0.3) is 11.4 Å². The van der Waals surface area contributed by atoms with Crippen LogP contribution in [-0.4, -0.2) is 22.1 Å². The first-order valence-corrected chi connectivity index (χ1v) is 8.06. The van der Waals surface area contributed by atoms with Crippen LogP contribution in [0.15, 0.2) is 40.6 Å². The molecular formula is C16H17N5OS. The van der Waals surface area contributed by atoms with Crippen molar-refractivity contribution in [2.24, 2.45) is 10.2 Å². The minimum absolute atomic E-state index is 0.262. The SMILES string of the molecule is N#CC1(N=Nc2ccccc2)C(=O)NC(=S)NC12CCCCC2. The minimum Gasteiger partial charge on any atom is -0.353 e. The fourth-order valence-electron chi connectivity index (χ4n) is 3.34. The zero-order valence-electron chi connectivity index (χ0n) is 12.6. The number of carbonyl (C=O) groups excluding carboxylic acids is 1. The van der Waals surface area contributed by atoms with Gasteiger partial charge in [-0.15, -0.1) is 0 Å². The number of nitrogens with zero attached hydrogens (tertiary/aromatic N) is 3. The average Bonchev–Trinajstić information content (AvgIpc) is 2.56. The predicted octanol–water partition coefficient (Wildman–Crippen LogP) is 2.74. The molecule has 1 saturated heterocycles. The van der Waals surface area contributed by atoms with E-state index >= 15 is 0 Å². The number of azo groups is 1. The van der Waals surface area contributed by atoms with Crippen molar-refractivity contribution in [1.82, 2.24) is 10.6 Å². The maximum Gasteiger partial charge on any atom is 0.273 e. The summed E-state index contributed by atoms with van der Waals surface area (Å²) in [6.07, 6.45) is 4.26. The molecule has 1 aromatic carbocycles. The summed E-state index contributed by atoms with van der Waals surface area (Å²) in [7, 11) is 0. The Morgan fingerprint density at radius 1 is 1.17 bits per heavy atom. The summed E-state index contributed by atoms with van der Waals surface area (Å²) in [4.78, 5) is 12.6. The molecule has 1 atom stereocenters. The van der Waals surface area contributed by atoms with E-state index in [0.29, 0.717) is 18.5 Å². The Bertz CT molecular complexity index is 690. The minimum atomic E-state index is -1.61. The molecule has 2 aliphatic rings. The summed E-state index contributed by atoms with van der Waals surface area (Å²) in [6, 6.07) is 11.2. The molecule has 1 spiro atoms. The number of carbonyl (C=O) groups is 1. The number of rotatable bonds is 2. The van der Waals surface area contributed by atoms with E-state index in [1.54, 1.807) is 12.1 Å². The number of thiocarbonyl (C=S) groups is 1. The number of nitrogens with one attached hydrogen (secondary N) is 2. The molecule has 118 valence electrons. The van der Waals surface area contributed by atoms with Crippen molar-refractivity contribution in [3.8, 4) is 6.07 Å². The standard InChI is InChI=1S/C16H17N5OS/c17-11-16(21-20-12-7-3-1-4-8-12)13(22)18-14(23)19-15(16)9-5-2-6-10-15/h1,3-4,7-8H,2,5-6,9-10H2,(H2,18,19,22,23). The Balaban J connectivity index is 2.05. The van der Waals surface area contributed by atoms with Crippen molar-refractivity contribution in [2.45, 2.75) is 43.2 Å². The molecule has 1 heterocycles. The summed E-state index contributed by atoms with van der Waals surface area (Å²) in [5.74, 6) is -0.495. The first-order chi connectivity index (χ1) is 11.1. The molecule has 1 aliphatic carbocycles. The Kier molecular flexibility index (Phi) is 4.09. The van der Waals surface area contributed by atoms with Crippen LogP contribution in [-0.2, 0) is 4.79 Å². The zero-order chi connectivity index (χ0) is 16.3. The Labute approximate surface area is 140 Å². The lowest BCUT2D eigenvalue weighted by molar-refractivity contribution is -0.127. The van der Waals surface area contributed by atoms with E-state index in [2.05, 4.69) is 26.9 Å². The van der Waals surface area contributed by atoms with Crippen LogP contribution in [0.5, 0.6) is 0 Å². The fourth-order valence-corrected chi connectivity index (χ4v) is 3.63. The maximum absolute atomic E-state index is 12.6. The number of benzene rings is 1. The topological polar surface area (TPSA) is 89.6 Å². The van der Waals surface area contributed by atoms with Gasteiger partial charge < -0.3 is 5.32 Å². The van der Waals surface area contributed by atoms with Crippen LogP contribution < -0.4 is 10.6 Å². The van der Waals surface area contributed by atoms with Crippen molar-refractivity contribution in [2.75, 3.05) is 0 Å². The first kappa shape index (κ1) is 15.6. The van der Waals surface area contributed by atoms with Gasteiger partial charge in [-0.2, -0.15) is 15.5 Å². The van der Waals surface area contributed by atoms with Gasteiger partial charge in [-0.3, -0.25) is 10.1 Å². The second-order valence-electron chi connectivity index (χ2n) is 5.91. The van der Waals surface area contributed by atoms with Gasteiger partial charge in [-0.25, -0.2) is 0 Å². The molecule has 2 fully saturated rings. The van der Waals surface area contributed by atoms with Crippen LogP contribution in [0, 0.1) is 11.3 Å². The predicted molar refractivity (Wildman–Crippen MR) is 89.0 cm³/mol. The van der Waals surface area contributed by atoms with Gasteiger partial charge in [0.2, 0.25) is 0 Å². The second kappa shape index (κ2) is 6.05. The first-order valence-electron chi connectivity index (χ1n) is 7.65. The monoisotopic (exact) mass is 327 g/mol. The van der Waals surface area contributed by atoms with E-state index in [1.165, 1.54) is 0 Å². The highest BCUT2D eigenvalue weighted by molar-refractivity contribution is 7.80. The third-order valence-electron chi connectivity index (χ3n) is 4.54. The summed E-state index contributed by atoms with van der Waals surface area (Å²) < 4.78 is 0. The highest BCUT2D eigenvalue weighted by Gasteiger charge is 2.61. The van der Waals surface area contributed by atoms with Crippen molar-refractivity contribution in [1.29, 1.82) is 5.26 Å². The van der Waals surface area contributed by atoms with Crippen molar-refractivity contribution in [3.05, 3.63) is 30.3 Å². The number of nitriles is 1. The summed E-state index contributed by atoms with van der Waals surface area (Å²) in [5, 5.41) is 24.2. The molecular weight excluding hydrogens is 310 g/mol. The van der Waals surface area contributed by atoms with E-state index in [0.717, 1.165) is 19.3 Å². The highest BCUT2D eigenvalue weighted by Crippen LogP contribution is 2.41. The number of hydrogen-bond donors (Lipinski definition) is 2. The number of amides is 1. The lowest BCUT2D eigenvalue weighted by Gasteiger charge is -2.48. The molecule has 1 amide bonds. The molecule has 2 N–H and O–H groups in total. The lowest BCUT2D eigenvalue weighted by atomic mass is 9.67. The normalized spacial score (nSPS) is 26.6. The van der Waals surface area contributed by atoms with E-state index in [9.17, 15) is 10.1 Å². The van der Waals surface area contributed by atoms with Gasteiger partial charge in [0.15, 0.2) is 5.11 Å². The van der Waals surface area contributed by atoms with Crippen LogP contribution in [0.3, 0.4) is 0 Å². The second-order valence-corrected chi connectivity index (χ2v) is 6.32. The van der Waals surface area contributed by atoms with Crippen LogP contribution in [0.4, 0.5) is 5.69 Å². The zero-order valence-corrected chi connectivity index (χ0v) is 13.4. The molecule has 0 aromatic heterocycles. The lowest BCUT2D eigenvalue weighted by Crippen LogP contribution is -2.75. The Morgan fingerprint density at radius 3 is 2.52 bits per heavy atom. The van der Waals surface area contributed by atoms with Gasteiger partial charge >= 0.3 is 0 Å². The third kappa shape index (κ3) is 2.59. The molecule has 1 saturated carbocycles. The van der Waals surface area contributed by atoms with E-state index in [4.69, 9.17) is 12.2 Å². The van der Waals surface area contributed by atoms with Crippen LogP contribution in [0.25, 0.3) is 0 Å². The van der Waals surface area contributed by atoms with Gasteiger partial charge in [0, 0.05) is 0 Å². The molecule has 1 aliphatic heterocycles. The highest BCUT2D eigenvalue weighted by atomic mass is 32.1. The van der Waals surface area contributed by atoms with Gasteiger partial charge in [-0.1, -0.05) is 37.5 Å². The smallest absolute Gasteiger partial charge is 0.273 e. The van der Waals surface area contributed by atoms with E-state index in [-0.39, 0.29) is 5.11 Å². The van der Waals surface area contributed by atoms with Crippen molar-refractivity contribution in [3.63, 3.8) is 0 Å². The molecule has 1 unspecified atom stereocenters. The summed E-state index contributed by atoms with van der Waals surface area (Å²) in [6.45, 7) is 0. The fraction of sp³-hybridized carbons (Fsp3) is 0.438. The van der Waals surface area contributed by atoms with Crippen molar-refractivity contribution >= 4 is 28.9 Å². The molecule has 6 nitrogen and oxygen atoms in total. The van der Waals surface area contributed by atoms with Crippen LogP contribution in [0.2, 0.25) is 0 Å².